The lowest BCUT2D eigenvalue weighted by atomic mass is 9.86. The zero-order valence-electron chi connectivity index (χ0n) is 11.9. The summed E-state index contributed by atoms with van der Waals surface area (Å²) < 4.78 is 4.74. The molecule has 2 rings (SSSR count). The predicted octanol–water partition coefficient (Wildman–Crippen LogP) is 2.27. The van der Waals surface area contributed by atoms with Crippen LogP contribution in [0.3, 0.4) is 0 Å². The summed E-state index contributed by atoms with van der Waals surface area (Å²) in [6.07, 6.45) is 2.41. The van der Waals surface area contributed by atoms with E-state index in [-0.39, 0.29) is 0 Å². The summed E-state index contributed by atoms with van der Waals surface area (Å²) in [4.78, 5) is 0. The molecule has 0 heterocycles. The highest BCUT2D eigenvalue weighted by molar-refractivity contribution is 5.47. The van der Waals surface area contributed by atoms with Crippen molar-refractivity contribution in [3.05, 3.63) is 70.8 Å². The molecule has 0 atom stereocenters. The molecule has 0 bridgehead atoms. The topological polar surface area (TPSA) is 77.0 Å². The zero-order chi connectivity index (χ0) is 16.0. The lowest BCUT2D eigenvalue weighted by Crippen LogP contribution is -2.25. The second-order valence-corrected chi connectivity index (χ2v) is 4.52. The molecule has 1 N–H and O–H groups in total. The van der Waals surface area contributed by atoms with Crippen molar-refractivity contribution in [3.63, 3.8) is 0 Å². The van der Waals surface area contributed by atoms with E-state index in [1.165, 1.54) is 7.11 Å². The number of nitriles is 2. The molecule has 106 valence electrons. The van der Waals surface area contributed by atoms with Crippen LogP contribution in [0.5, 0.6) is 0 Å². The molecule has 0 fully saturated rings. The van der Waals surface area contributed by atoms with Gasteiger partial charge in [-0.1, -0.05) is 24.3 Å². The molecule has 0 radical (unpaired) electrons. The summed E-state index contributed by atoms with van der Waals surface area (Å²) in [5, 5.41) is 28.7. The average molecular weight is 288 g/mol. The Labute approximate surface area is 128 Å². The van der Waals surface area contributed by atoms with Crippen LogP contribution in [0.1, 0.15) is 22.3 Å². The summed E-state index contributed by atoms with van der Waals surface area (Å²) in [7, 11) is 1.41. The monoisotopic (exact) mass is 288 g/mol. The lowest BCUT2D eigenvalue weighted by Gasteiger charge is -2.23. The first kappa shape index (κ1) is 15.1. The minimum atomic E-state index is -1.59. The van der Waals surface area contributed by atoms with Gasteiger partial charge in [-0.3, -0.25) is 0 Å². The quantitative estimate of drug-likeness (QED) is 0.860. The Morgan fingerprint density at radius 2 is 1.27 bits per heavy atom. The van der Waals surface area contributed by atoms with Crippen LogP contribution in [0.2, 0.25) is 0 Å². The fourth-order valence-corrected chi connectivity index (χ4v) is 2.01. The van der Waals surface area contributed by atoms with Gasteiger partial charge in [-0.05, 0) is 30.2 Å². The van der Waals surface area contributed by atoms with Gasteiger partial charge in [-0.25, -0.2) is 0 Å². The second kappa shape index (κ2) is 6.46. The number of hydrogen-bond acceptors (Lipinski definition) is 4. The average Bonchev–Trinajstić information content (AvgIpc) is 2.59. The van der Waals surface area contributed by atoms with E-state index in [4.69, 9.17) is 15.3 Å². The van der Waals surface area contributed by atoms with Crippen LogP contribution >= 0.6 is 0 Å². The van der Waals surface area contributed by atoms with Gasteiger partial charge in [0.05, 0.1) is 30.4 Å². The van der Waals surface area contributed by atoms with Gasteiger partial charge in [0.15, 0.2) is 5.60 Å². The van der Waals surface area contributed by atoms with Gasteiger partial charge in [-0.2, -0.15) is 10.5 Å². The van der Waals surface area contributed by atoms with Crippen molar-refractivity contribution < 1.29 is 9.84 Å². The molecular formula is C18H12N2O2. The fraction of sp³-hybridized carbons (Fsp3) is 0.111. The Kier molecular flexibility index (Phi) is 4.44. The molecule has 4 nitrogen and oxygen atoms in total. The maximum atomic E-state index is 11.0. The molecule has 0 aromatic heterocycles. The first-order valence-corrected chi connectivity index (χ1v) is 6.43. The Balaban J connectivity index is 2.55. The molecule has 0 saturated heterocycles. The van der Waals surface area contributed by atoms with E-state index in [0.29, 0.717) is 22.3 Å². The number of benzene rings is 2. The molecule has 0 aliphatic rings. The van der Waals surface area contributed by atoms with Gasteiger partial charge in [0.25, 0.3) is 0 Å². The van der Waals surface area contributed by atoms with E-state index in [9.17, 15) is 5.11 Å². The highest BCUT2D eigenvalue weighted by Crippen LogP contribution is 2.29. The van der Waals surface area contributed by atoms with Crippen LogP contribution in [0.4, 0.5) is 0 Å². The van der Waals surface area contributed by atoms with Crippen LogP contribution in [-0.4, -0.2) is 12.2 Å². The van der Waals surface area contributed by atoms with Crippen LogP contribution < -0.4 is 0 Å². The van der Waals surface area contributed by atoms with Gasteiger partial charge in [-0.15, -0.1) is 0 Å². The van der Waals surface area contributed by atoms with Gasteiger partial charge in [0.2, 0.25) is 0 Å². The molecule has 4 heteroatoms. The van der Waals surface area contributed by atoms with Crippen LogP contribution in [0.15, 0.2) is 48.5 Å². The number of rotatable bonds is 2. The van der Waals surface area contributed by atoms with Crippen LogP contribution in [0.25, 0.3) is 0 Å². The molecule has 0 unspecified atom stereocenters. The number of aliphatic hydroxyl groups is 1. The molecule has 2 aromatic carbocycles. The van der Waals surface area contributed by atoms with Crippen molar-refractivity contribution in [2.24, 2.45) is 0 Å². The number of hydrogen-bond donors (Lipinski definition) is 1. The van der Waals surface area contributed by atoms with Gasteiger partial charge < -0.3 is 9.84 Å². The zero-order valence-corrected chi connectivity index (χ0v) is 11.9. The number of nitrogens with zero attached hydrogens (tertiary/aromatic N) is 2. The maximum Gasteiger partial charge on any atom is 0.180 e. The van der Waals surface area contributed by atoms with Gasteiger partial charge >= 0.3 is 0 Å². The van der Waals surface area contributed by atoms with Crippen molar-refractivity contribution in [1.29, 1.82) is 10.5 Å². The third-order valence-corrected chi connectivity index (χ3v) is 3.20. The smallest absolute Gasteiger partial charge is 0.180 e. The van der Waals surface area contributed by atoms with E-state index in [2.05, 4.69) is 12.0 Å². The molecule has 2 aromatic rings. The Morgan fingerprint density at radius 1 is 0.864 bits per heavy atom. The second-order valence-electron chi connectivity index (χ2n) is 4.52. The number of methoxy groups -OCH3 is 1. The largest absolute Gasteiger partial charge is 0.450 e. The predicted molar refractivity (Wildman–Crippen MR) is 80.1 cm³/mol. The maximum absolute atomic E-state index is 11.0. The van der Waals surface area contributed by atoms with Gasteiger partial charge in [0, 0.05) is 11.1 Å². The summed E-state index contributed by atoms with van der Waals surface area (Å²) in [6, 6.07) is 17.0. The standard InChI is InChI=1S/C18H12N2O2/c1-22-11-10-18(21,16-6-2-14(12-19)3-7-16)17-8-4-15(13-20)5-9-17/h2-9,21H,1H3. The highest BCUT2D eigenvalue weighted by Gasteiger charge is 2.30. The Morgan fingerprint density at radius 3 is 1.59 bits per heavy atom. The fourth-order valence-electron chi connectivity index (χ4n) is 2.01. The number of ether oxygens (including phenoxy) is 1. The molecule has 0 aliphatic carbocycles. The normalized spacial score (nSPS) is 9.82. The molecular weight excluding hydrogens is 276 g/mol. The summed E-state index contributed by atoms with van der Waals surface area (Å²) in [6.45, 7) is 0. The summed E-state index contributed by atoms with van der Waals surface area (Å²) >= 11 is 0. The SMILES string of the molecule is COC#CC(O)(c1ccc(C#N)cc1)c1ccc(C#N)cc1. The molecule has 22 heavy (non-hydrogen) atoms. The highest BCUT2D eigenvalue weighted by atomic mass is 16.5. The van der Waals surface area contributed by atoms with E-state index in [1.807, 2.05) is 12.1 Å². The molecule has 0 saturated carbocycles. The van der Waals surface area contributed by atoms with Crippen molar-refractivity contribution in [2.45, 2.75) is 5.60 Å². The van der Waals surface area contributed by atoms with Crippen molar-refractivity contribution >= 4 is 0 Å². The third kappa shape index (κ3) is 2.91. The van der Waals surface area contributed by atoms with E-state index >= 15 is 0 Å². The minimum Gasteiger partial charge on any atom is -0.450 e. The van der Waals surface area contributed by atoms with E-state index in [1.54, 1.807) is 48.5 Å². The van der Waals surface area contributed by atoms with Crippen molar-refractivity contribution in [2.75, 3.05) is 7.11 Å². The van der Waals surface area contributed by atoms with Crippen LogP contribution in [-0.2, 0) is 10.3 Å². The van der Waals surface area contributed by atoms with Crippen molar-refractivity contribution in [1.82, 2.24) is 0 Å². The van der Waals surface area contributed by atoms with Gasteiger partial charge in [0.1, 0.15) is 6.11 Å². The van der Waals surface area contributed by atoms with Crippen molar-refractivity contribution in [3.8, 4) is 24.2 Å². The molecule has 0 spiro atoms. The van der Waals surface area contributed by atoms with Crippen LogP contribution in [0, 0.1) is 34.7 Å². The minimum absolute atomic E-state index is 0.491. The Hall–Kier alpha value is -3.26. The first-order chi connectivity index (χ1) is 10.6. The Bertz CT molecular complexity index is 740. The first-order valence-electron chi connectivity index (χ1n) is 6.43. The van der Waals surface area contributed by atoms with E-state index in [0.717, 1.165) is 0 Å². The third-order valence-electron chi connectivity index (χ3n) is 3.20. The molecule has 0 aliphatic heterocycles. The summed E-state index contributed by atoms with van der Waals surface area (Å²) in [5.41, 5.74) is 0.426. The summed E-state index contributed by atoms with van der Waals surface area (Å²) in [5.74, 6) is 2.67. The molecule has 0 amide bonds. The van der Waals surface area contributed by atoms with E-state index < -0.39 is 5.60 Å². The lowest BCUT2D eigenvalue weighted by molar-refractivity contribution is 0.143.